The third-order valence-corrected chi connectivity index (χ3v) is 9.82. The molecule has 6 N–H and O–H groups in total. The number of carbonyl (C=O) groups excluding carboxylic acids is 5. The van der Waals surface area contributed by atoms with Crippen LogP contribution in [0.3, 0.4) is 0 Å². The van der Waals surface area contributed by atoms with Crippen LogP contribution in [0.2, 0.25) is 0 Å². The molecular weight excluding hydrogens is 747 g/mol. The van der Waals surface area contributed by atoms with Gasteiger partial charge in [-0.05, 0) is 58.4 Å². The number of anilines is 1. The number of benzene rings is 5. The van der Waals surface area contributed by atoms with Gasteiger partial charge in [0.1, 0.15) is 24.2 Å². The van der Waals surface area contributed by atoms with Gasteiger partial charge < -0.3 is 31.7 Å². The van der Waals surface area contributed by atoms with Crippen molar-refractivity contribution in [3.63, 3.8) is 0 Å². The molecule has 5 amide bonds. The number of aliphatic carboxylic acids is 1. The van der Waals surface area contributed by atoms with Crippen LogP contribution in [0.25, 0.3) is 11.1 Å². The molecule has 0 unspecified atom stereocenters. The molecule has 0 radical (unpaired) electrons. The van der Waals surface area contributed by atoms with Gasteiger partial charge in [-0.3, -0.25) is 24.0 Å². The smallest absolute Gasteiger partial charge is 0.326 e. The zero-order chi connectivity index (χ0) is 42.0. The Kier molecular flexibility index (Phi) is 16.1. The summed E-state index contributed by atoms with van der Waals surface area (Å²) in [6.45, 7) is 1.68. The number of hydrogen-bond donors (Lipinski definition) is 6. The molecule has 0 bridgehead atoms. The Labute approximate surface area is 343 Å². The molecule has 0 fully saturated rings. The Morgan fingerprint density at radius 1 is 0.508 bits per heavy atom. The number of carboxylic acids is 1. The normalized spacial score (nSPS) is 12.8. The molecule has 0 aromatic heterocycles. The predicted octanol–water partition coefficient (Wildman–Crippen LogP) is 5.02. The van der Waals surface area contributed by atoms with Crippen molar-refractivity contribution in [3.05, 3.63) is 162 Å². The maximum absolute atomic E-state index is 14.4. The Morgan fingerprint density at radius 3 is 1.47 bits per heavy atom. The molecule has 0 saturated heterocycles. The summed E-state index contributed by atoms with van der Waals surface area (Å²) in [5.74, 6) is -3.57. The van der Waals surface area contributed by atoms with Crippen molar-refractivity contribution in [2.45, 2.75) is 69.6 Å². The molecule has 0 saturated carbocycles. The van der Waals surface area contributed by atoms with E-state index >= 15 is 0 Å². The quantitative estimate of drug-likeness (QED) is 0.0564. The van der Waals surface area contributed by atoms with Crippen LogP contribution in [-0.4, -0.2) is 65.3 Å². The largest absolute Gasteiger partial charge is 0.480 e. The van der Waals surface area contributed by atoms with Crippen molar-refractivity contribution in [1.29, 1.82) is 0 Å². The summed E-state index contributed by atoms with van der Waals surface area (Å²) in [7, 11) is 0. The molecule has 59 heavy (non-hydrogen) atoms. The third kappa shape index (κ3) is 13.5. The van der Waals surface area contributed by atoms with Crippen LogP contribution in [-0.2, 0) is 54.5 Å². The molecule has 0 spiro atoms. The van der Waals surface area contributed by atoms with Crippen molar-refractivity contribution in [1.82, 2.24) is 21.3 Å². The molecule has 5 rings (SSSR count). The molecule has 4 atom stereocenters. The van der Waals surface area contributed by atoms with Gasteiger partial charge in [-0.25, -0.2) is 4.79 Å². The minimum atomic E-state index is -1.34. The number of hydrogen-bond acceptors (Lipinski definition) is 6. The van der Waals surface area contributed by atoms with E-state index in [9.17, 15) is 33.9 Å². The molecule has 12 nitrogen and oxygen atoms in total. The van der Waals surface area contributed by atoms with Gasteiger partial charge in [-0.15, -0.1) is 0 Å². The van der Waals surface area contributed by atoms with Gasteiger partial charge in [0, 0.05) is 31.4 Å². The lowest BCUT2D eigenvalue weighted by Gasteiger charge is -2.26. The summed E-state index contributed by atoms with van der Waals surface area (Å²) in [5.41, 5.74) is 5.53. The molecular formula is C47H49N5O7. The van der Waals surface area contributed by atoms with Crippen LogP contribution >= 0.6 is 0 Å². The molecule has 5 aromatic rings. The molecule has 0 heterocycles. The second-order valence-corrected chi connectivity index (χ2v) is 14.1. The van der Waals surface area contributed by atoms with Crippen molar-refractivity contribution >= 4 is 41.7 Å². The zero-order valence-corrected chi connectivity index (χ0v) is 32.8. The van der Waals surface area contributed by atoms with Gasteiger partial charge in [0.2, 0.25) is 30.0 Å². The lowest BCUT2D eigenvalue weighted by Crippen LogP contribution is -2.58. The average molecular weight is 796 g/mol. The summed E-state index contributed by atoms with van der Waals surface area (Å²) in [6.07, 6.45) is 1.34. The highest BCUT2D eigenvalue weighted by atomic mass is 16.4. The molecule has 0 aliphatic heterocycles. The van der Waals surface area contributed by atoms with Gasteiger partial charge in [0.05, 0.1) is 0 Å². The van der Waals surface area contributed by atoms with E-state index in [1.165, 1.54) is 0 Å². The average Bonchev–Trinajstić information content (AvgIpc) is 3.26. The highest BCUT2D eigenvalue weighted by molar-refractivity contribution is 5.95. The van der Waals surface area contributed by atoms with E-state index < -0.39 is 47.9 Å². The summed E-state index contributed by atoms with van der Waals surface area (Å²) < 4.78 is 0. The Morgan fingerprint density at radius 2 is 0.932 bits per heavy atom. The van der Waals surface area contributed by atoms with E-state index in [0.29, 0.717) is 24.1 Å². The number of rotatable bonds is 21. The first-order chi connectivity index (χ1) is 28.6. The number of amides is 5. The molecule has 5 aromatic carbocycles. The fraction of sp³-hybridized carbons (Fsp3) is 0.234. The summed E-state index contributed by atoms with van der Waals surface area (Å²) in [4.78, 5) is 78.3. The van der Waals surface area contributed by atoms with Crippen molar-refractivity contribution in [2.75, 3.05) is 5.32 Å². The number of carboxylic acid groups (broad SMARTS) is 1. The number of aryl methyl sites for hydroxylation is 1. The fourth-order valence-electron chi connectivity index (χ4n) is 6.55. The Balaban J connectivity index is 1.41. The highest BCUT2D eigenvalue weighted by Gasteiger charge is 2.32. The van der Waals surface area contributed by atoms with Gasteiger partial charge in [-0.1, -0.05) is 134 Å². The maximum Gasteiger partial charge on any atom is 0.326 e. The zero-order valence-electron chi connectivity index (χ0n) is 32.8. The van der Waals surface area contributed by atoms with E-state index in [2.05, 4.69) is 26.6 Å². The lowest BCUT2D eigenvalue weighted by molar-refractivity contribution is -0.142. The minimum absolute atomic E-state index is 0.0478. The topological polar surface area (TPSA) is 183 Å². The van der Waals surface area contributed by atoms with Gasteiger partial charge in [0.15, 0.2) is 0 Å². The molecule has 12 heteroatoms. The van der Waals surface area contributed by atoms with E-state index in [4.69, 9.17) is 0 Å². The molecule has 0 aliphatic carbocycles. The van der Waals surface area contributed by atoms with Crippen LogP contribution in [0.4, 0.5) is 5.69 Å². The van der Waals surface area contributed by atoms with Crippen LogP contribution in [0.15, 0.2) is 140 Å². The van der Waals surface area contributed by atoms with E-state index in [-0.39, 0.29) is 38.0 Å². The van der Waals surface area contributed by atoms with Gasteiger partial charge in [0.25, 0.3) is 0 Å². The standard InChI is InChI=1S/C47H49N5O7/c1-2-43(54)49-40(28-33-14-8-4-9-15-33)45(56)51-41(29-34-18-23-37(24-19-34)36-16-10-5-11-17-36)46(57)50-39(27-22-32-12-6-3-7-13-32)44(55)52-42(47(58)59)30-35-20-25-38(26-21-35)48-31-53/h3-21,23-26,31,39-42H,2,22,27-30H2,1H3,(H,48,53)(H,49,54)(H,50,57)(H,51,56)(H,52,55)(H,58,59)/t39-,40-,41+,42+/m1/s1. The van der Waals surface area contributed by atoms with Crippen LogP contribution < -0.4 is 26.6 Å². The first kappa shape index (κ1) is 43.1. The maximum atomic E-state index is 14.4. The van der Waals surface area contributed by atoms with Crippen molar-refractivity contribution < 1.29 is 33.9 Å². The van der Waals surface area contributed by atoms with Crippen LogP contribution in [0, 0.1) is 0 Å². The summed E-state index contributed by atoms with van der Waals surface area (Å²) in [6, 6.07) is 37.7. The van der Waals surface area contributed by atoms with Crippen molar-refractivity contribution in [2.24, 2.45) is 0 Å². The SMILES string of the molecule is CCC(=O)N[C@H](Cc1ccccc1)C(=O)N[C@@H](Cc1ccc(-c2ccccc2)cc1)C(=O)N[C@H](CCc1ccccc1)C(=O)N[C@@H](Cc1ccc(NC=O)cc1)C(=O)O. The van der Waals surface area contributed by atoms with E-state index in [1.54, 1.807) is 31.2 Å². The van der Waals surface area contributed by atoms with Crippen molar-refractivity contribution in [3.8, 4) is 11.1 Å². The summed E-state index contributed by atoms with van der Waals surface area (Å²) >= 11 is 0. The Hall–Kier alpha value is -7.08. The van der Waals surface area contributed by atoms with E-state index in [1.807, 2.05) is 115 Å². The van der Waals surface area contributed by atoms with Gasteiger partial charge >= 0.3 is 5.97 Å². The van der Waals surface area contributed by atoms with E-state index in [0.717, 1.165) is 27.8 Å². The number of carbonyl (C=O) groups is 6. The second-order valence-electron chi connectivity index (χ2n) is 14.1. The fourth-order valence-corrected chi connectivity index (χ4v) is 6.55. The van der Waals surface area contributed by atoms with Crippen LogP contribution in [0.1, 0.15) is 42.0 Å². The second kappa shape index (κ2) is 22.0. The first-order valence-electron chi connectivity index (χ1n) is 19.6. The molecule has 304 valence electrons. The minimum Gasteiger partial charge on any atom is -0.480 e. The third-order valence-electron chi connectivity index (χ3n) is 9.82. The molecule has 0 aliphatic rings. The monoisotopic (exact) mass is 795 g/mol. The van der Waals surface area contributed by atoms with Crippen LogP contribution in [0.5, 0.6) is 0 Å². The summed E-state index contributed by atoms with van der Waals surface area (Å²) in [5, 5.41) is 23.8. The first-order valence-corrected chi connectivity index (χ1v) is 19.6. The lowest BCUT2D eigenvalue weighted by atomic mass is 9.98. The number of nitrogens with one attached hydrogen (secondary N) is 5. The predicted molar refractivity (Wildman–Crippen MR) is 226 cm³/mol. The van der Waals surface area contributed by atoms with Gasteiger partial charge in [-0.2, -0.15) is 0 Å². The highest BCUT2D eigenvalue weighted by Crippen LogP contribution is 2.20. The Bertz CT molecular complexity index is 2150.